The Balaban J connectivity index is 2.28. The number of aryl methyl sites for hydroxylation is 2. The first-order valence-corrected chi connectivity index (χ1v) is 7.50. The summed E-state index contributed by atoms with van der Waals surface area (Å²) in [5, 5.41) is 0. The number of nitrogen functional groups attached to an aromatic ring is 1. The normalized spacial score (nSPS) is 11.2. The summed E-state index contributed by atoms with van der Waals surface area (Å²) in [7, 11) is 0. The van der Waals surface area contributed by atoms with Crippen LogP contribution < -0.4 is 16.2 Å². The molecule has 21 heavy (non-hydrogen) atoms. The van der Waals surface area contributed by atoms with Gasteiger partial charge in [0.05, 0.1) is 6.61 Å². The summed E-state index contributed by atoms with van der Waals surface area (Å²) in [5.74, 6) is 1.25. The quantitative estimate of drug-likeness (QED) is 0.716. The number of hydrogen-bond donors (Lipinski definition) is 2. The van der Waals surface area contributed by atoms with E-state index in [0.29, 0.717) is 30.5 Å². The van der Waals surface area contributed by atoms with E-state index in [4.69, 9.17) is 16.2 Å². The molecule has 7 nitrogen and oxygen atoms in total. The fourth-order valence-corrected chi connectivity index (χ4v) is 2.16. The van der Waals surface area contributed by atoms with Crippen molar-refractivity contribution in [2.45, 2.75) is 46.1 Å². The van der Waals surface area contributed by atoms with Gasteiger partial charge in [-0.2, -0.15) is 9.97 Å². The van der Waals surface area contributed by atoms with Gasteiger partial charge in [0.1, 0.15) is 5.82 Å². The maximum Gasteiger partial charge on any atom is 0.320 e. The number of ether oxygens (including phenoxy) is 1. The molecule has 0 aliphatic heterocycles. The first-order chi connectivity index (χ1) is 10.2. The molecule has 0 aliphatic carbocycles. The van der Waals surface area contributed by atoms with Gasteiger partial charge in [0.25, 0.3) is 0 Å². The van der Waals surface area contributed by atoms with Crippen molar-refractivity contribution in [1.29, 1.82) is 0 Å². The second-order valence-electron chi connectivity index (χ2n) is 5.07. The van der Waals surface area contributed by atoms with Gasteiger partial charge in [0.15, 0.2) is 17.0 Å². The zero-order valence-electron chi connectivity index (χ0n) is 12.8. The SMILES string of the molecule is CCCCOc1nc(N)c2nc(C)n(CCCCN)c2n1. The van der Waals surface area contributed by atoms with Crippen molar-refractivity contribution in [2.75, 3.05) is 18.9 Å². The van der Waals surface area contributed by atoms with E-state index in [9.17, 15) is 0 Å². The Kier molecular flexibility index (Phi) is 5.32. The van der Waals surface area contributed by atoms with Crippen LogP contribution in [-0.4, -0.2) is 32.7 Å². The molecule has 2 rings (SSSR count). The third-order valence-electron chi connectivity index (χ3n) is 3.36. The van der Waals surface area contributed by atoms with Crippen molar-refractivity contribution in [3.63, 3.8) is 0 Å². The van der Waals surface area contributed by atoms with Crippen molar-refractivity contribution >= 4 is 17.0 Å². The maximum absolute atomic E-state index is 5.97. The summed E-state index contributed by atoms with van der Waals surface area (Å²) in [5.41, 5.74) is 12.9. The Morgan fingerprint density at radius 1 is 1.14 bits per heavy atom. The third kappa shape index (κ3) is 3.60. The highest BCUT2D eigenvalue weighted by Crippen LogP contribution is 2.22. The average Bonchev–Trinajstić information content (AvgIpc) is 2.77. The summed E-state index contributed by atoms with van der Waals surface area (Å²) in [6.45, 7) is 6.17. The minimum absolute atomic E-state index is 0.327. The topological polar surface area (TPSA) is 105 Å². The van der Waals surface area contributed by atoms with Crippen LogP contribution in [0.4, 0.5) is 5.82 Å². The van der Waals surface area contributed by atoms with Gasteiger partial charge in [0, 0.05) is 6.54 Å². The Morgan fingerprint density at radius 3 is 2.67 bits per heavy atom. The smallest absolute Gasteiger partial charge is 0.320 e. The molecule has 116 valence electrons. The zero-order chi connectivity index (χ0) is 15.2. The third-order valence-corrected chi connectivity index (χ3v) is 3.36. The molecule has 7 heteroatoms. The van der Waals surface area contributed by atoms with Crippen LogP contribution in [0, 0.1) is 6.92 Å². The van der Waals surface area contributed by atoms with E-state index < -0.39 is 0 Å². The van der Waals surface area contributed by atoms with Crippen molar-refractivity contribution in [2.24, 2.45) is 5.73 Å². The van der Waals surface area contributed by atoms with Crippen molar-refractivity contribution in [3.8, 4) is 6.01 Å². The largest absolute Gasteiger partial charge is 0.463 e. The summed E-state index contributed by atoms with van der Waals surface area (Å²) in [4.78, 5) is 13.1. The van der Waals surface area contributed by atoms with Crippen LogP contribution in [0.2, 0.25) is 0 Å². The summed E-state index contributed by atoms with van der Waals surface area (Å²) in [6.07, 6.45) is 3.99. The molecule has 0 amide bonds. The van der Waals surface area contributed by atoms with Gasteiger partial charge in [-0.25, -0.2) is 4.98 Å². The molecular weight excluding hydrogens is 268 g/mol. The first kappa shape index (κ1) is 15.5. The molecule has 0 radical (unpaired) electrons. The molecule has 0 saturated heterocycles. The molecule has 0 fully saturated rings. The lowest BCUT2D eigenvalue weighted by Gasteiger charge is -2.07. The highest BCUT2D eigenvalue weighted by atomic mass is 16.5. The number of anilines is 1. The number of aromatic nitrogens is 4. The number of fused-ring (bicyclic) bond motifs is 1. The molecule has 0 aromatic carbocycles. The van der Waals surface area contributed by atoms with E-state index in [1.807, 2.05) is 6.92 Å². The predicted octanol–water partition coefficient (Wildman–Crippen LogP) is 1.63. The number of unbranched alkanes of at least 4 members (excludes halogenated alkanes) is 2. The molecule has 4 N–H and O–H groups in total. The van der Waals surface area contributed by atoms with Crippen molar-refractivity contribution in [3.05, 3.63) is 5.82 Å². The summed E-state index contributed by atoms with van der Waals surface area (Å²) >= 11 is 0. The number of hydrogen-bond acceptors (Lipinski definition) is 6. The molecule has 0 atom stereocenters. The van der Waals surface area contributed by atoms with Gasteiger partial charge in [-0.15, -0.1) is 0 Å². The monoisotopic (exact) mass is 292 g/mol. The van der Waals surface area contributed by atoms with Crippen LogP contribution in [0.25, 0.3) is 11.2 Å². The molecule has 0 aliphatic rings. The minimum atomic E-state index is 0.327. The molecule has 0 saturated carbocycles. The molecule has 0 bridgehead atoms. The van der Waals surface area contributed by atoms with Gasteiger partial charge in [-0.1, -0.05) is 13.3 Å². The number of imidazole rings is 1. The van der Waals surface area contributed by atoms with Crippen LogP contribution in [0.1, 0.15) is 38.4 Å². The van der Waals surface area contributed by atoms with Crippen LogP contribution in [-0.2, 0) is 6.54 Å². The van der Waals surface area contributed by atoms with Gasteiger partial charge in [0.2, 0.25) is 0 Å². The van der Waals surface area contributed by atoms with E-state index >= 15 is 0 Å². The standard InChI is InChI=1S/C14H24N6O/c1-3-4-9-21-14-18-12(16)11-13(19-14)20(10(2)17-11)8-6-5-7-15/h3-9,15H2,1-2H3,(H2,16,18,19). The predicted molar refractivity (Wildman–Crippen MR) is 83.2 cm³/mol. The fourth-order valence-electron chi connectivity index (χ4n) is 2.16. The highest BCUT2D eigenvalue weighted by molar-refractivity contribution is 5.82. The Morgan fingerprint density at radius 2 is 1.95 bits per heavy atom. The number of rotatable bonds is 8. The van der Waals surface area contributed by atoms with Gasteiger partial charge < -0.3 is 20.8 Å². The minimum Gasteiger partial charge on any atom is -0.463 e. The molecular formula is C14H24N6O. The molecule has 2 aromatic rings. The zero-order valence-corrected chi connectivity index (χ0v) is 12.8. The first-order valence-electron chi connectivity index (χ1n) is 7.50. The second kappa shape index (κ2) is 7.21. The lowest BCUT2D eigenvalue weighted by Crippen LogP contribution is -2.07. The molecule has 0 unspecified atom stereocenters. The van der Waals surface area contributed by atoms with Gasteiger partial charge >= 0.3 is 6.01 Å². The lowest BCUT2D eigenvalue weighted by atomic mass is 10.3. The summed E-state index contributed by atoms with van der Waals surface area (Å²) in [6, 6.07) is 0.327. The maximum atomic E-state index is 5.97. The fraction of sp³-hybridized carbons (Fsp3) is 0.643. The number of nitrogens with two attached hydrogens (primary N) is 2. The van der Waals surface area contributed by atoms with Crippen molar-refractivity contribution in [1.82, 2.24) is 19.5 Å². The van der Waals surface area contributed by atoms with Crippen LogP contribution in [0.5, 0.6) is 6.01 Å². The van der Waals surface area contributed by atoms with Crippen LogP contribution in [0.15, 0.2) is 0 Å². The van der Waals surface area contributed by atoms with E-state index in [2.05, 4.69) is 26.4 Å². The summed E-state index contributed by atoms with van der Waals surface area (Å²) < 4.78 is 7.61. The highest BCUT2D eigenvalue weighted by Gasteiger charge is 2.14. The van der Waals surface area contributed by atoms with Gasteiger partial charge in [-0.05, 0) is 32.7 Å². The Bertz CT molecular complexity index is 595. The lowest BCUT2D eigenvalue weighted by molar-refractivity contribution is 0.286. The van der Waals surface area contributed by atoms with Crippen molar-refractivity contribution < 1.29 is 4.74 Å². The number of nitrogens with zero attached hydrogens (tertiary/aromatic N) is 4. The van der Waals surface area contributed by atoms with E-state index in [-0.39, 0.29) is 0 Å². The van der Waals surface area contributed by atoms with E-state index in [1.54, 1.807) is 0 Å². The average molecular weight is 292 g/mol. The van der Waals surface area contributed by atoms with E-state index in [1.165, 1.54) is 0 Å². The van der Waals surface area contributed by atoms with E-state index in [0.717, 1.165) is 43.7 Å². The Labute approximate surface area is 124 Å². The van der Waals surface area contributed by atoms with Gasteiger partial charge in [-0.3, -0.25) is 0 Å². The Hall–Kier alpha value is -1.89. The second-order valence-corrected chi connectivity index (χ2v) is 5.07. The van der Waals surface area contributed by atoms with Crippen LogP contribution in [0.3, 0.4) is 0 Å². The molecule has 2 aromatic heterocycles. The van der Waals surface area contributed by atoms with Crippen LogP contribution >= 0.6 is 0 Å². The molecule has 2 heterocycles. The molecule has 0 spiro atoms.